The summed E-state index contributed by atoms with van der Waals surface area (Å²) in [6, 6.07) is 7.72. The third kappa shape index (κ3) is 2.37. The van der Waals surface area contributed by atoms with E-state index in [9.17, 15) is 4.79 Å². The van der Waals surface area contributed by atoms with Crippen LogP contribution in [-0.2, 0) is 4.79 Å². The fourth-order valence-electron chi connectivity index (χ4n) is 2.76. The van der Waals surface area contributed by atoms with Gasteiger partial charge in [-0.1, -0.05) is 19.1 Å². The Kier molecular flexibility index (Phi) is 3.60. The zero-order valence-corrected chi connectivity index (χ0v) is 12.3. The van der Waals surface area contributed by atoms with E-state index in [0.717, 1.165) is 29.7 Å². The number of amides is 1. The van der Waals surface area contributed by atoms with Gasteiger partial charge in [-0.15, -0.1) is 0 Å². The molecule has 110 valence electrons. The highest BCUT2D eigenvalue weighted by Crippen LogP contribution is 2.28. The van der Waals surface area contributed by atoms with E-state index in [1.807, 2.05) is 31.2 Å². The monoisotopic (exact) mass is 285 g/mol. The summed E-state index contributed by atoms with van der Waals surface area (Å²) in [7, 11) is 1.80. The maximum Gasteiger partial charge on any atom is 0.242 e. The van der Waals surface area contributed by atoms with E-state index in [0.29, 0.717) is 12.5 Å². The van der Waals surface area contributed by atoms with Crippen LogP contribution in [0.25, 0.3) is 10.9 Å². The smallest absolute Gasteiger partial charge is 0.242 e. The molecule has 0 radical (unpaired) electrons. The number of nitrogens with zero attached hydrogens (tertiary/aromatic N) is 3. The molecular formula is C15H19N5O. The highest BCUT2D eigenvalue weighted by Gasteiger charge is 2.30. The van der Waals surface area contributed by atoms with E-state index < -0.39 is 0 Å². The quantitative estimate of drug-likeness (QED) is 0.891. The average molecular weight is 285 g/mol. The molecule has 6 heteroatoms. The van der Waals surface area contributed by atoms with Crippen molar-refractivity contribution in [3.63, 3.8) is 0 Å². The third-order valence-electron chi connectivity index (χ3n) is 3.80. The van der Waals surface area contributed by atoms with Crippen LogP contribution in [0.5, 0.6) is 0 Å². The maximum atomic E-state index is 12.1. The number of anilines is 2. The summed E-state index contributed by atoms with van der Waals surface area (Å²) in [6.45, 7) is 3.42. The van der Waals surface area contributed by atoms with Gasteiger partial charge in [0, 0.05) is 25.5 Å². The van der Waals surface area contributed by atoms with Gasteiger partial charge in [-0.2, -0.15) is 4.98 Å². The van der Waals surface area contributed by atoms with Crippen LogP contribution in [0.3, 0.4) is 0 Å². The average Bonchev–Trinajstić information content (AvgIpc) is 2.53. The van der Waals surface area contributed by atoms with Gasteiger partial charge in [0.25, 0.3) is 0 Å². The number of aromatic nitrogens is 2. The van der Waals surface area contributed by atoms with Crippen LogP contribution in [0.1, 0.15) is 13.3 Å². The minimum atomic E-state index is -0.179. The van der Waals surface area contributed by atoms with E-state index in [4.69, 9.17) is 0 Å². The van der Waals surface area contributed by atoms with Crippen LogP contribution in [0.4, 0.5) is 11.8 Å². The SMILES string of the molecule is CCC1C(=O)NCCN1c1nc(NC)nc2ccccc12. The van der Waals surface area contributed by atoms with Crippen molar-refractivity contribution in [2.45, 2.75) is 19.4 Å². The number of nitrogens with one attached hydrogen (secondary N) is 2. The van der Waals surface area contributed by atoms with E-state index in [1.165, 1.54) is 0 Å². The van der Waals surface area contributed by atoms with Crippen LogP contribution < -0.4 is 15.5 Å². The molecule has 0 spiro atoms. The highest BCUT2D eigenvalue weighted by molar-refractivity contribution is 5.94. The van der Waals surface area contributed by atoms with Gasteiger partial charge in [0.2, 0.25) is 11.9 Å². The first-order valence-corrected chi connectivity index (χ1v) is 7.23. The lowest BCUT2D eigenvalue weighted by atomic mass is 10.1. The summed E-state index contributed by atoms with van der Waals surface area (Å²) < 4.78 is 0. The summed E-state index contributed by atoms with van der Waals surface area (Å²) in [4.78, 5) is 23.2. The lowest BCUT2D eigenvalue weighted by Gasteiger charge is -2.36. The van der Waals surface area contributed by atoms with Gasteiger partial charge in [0.15, 0.2) is 0 Å². The maximum absolute atomic E-state index is 12.1. The molecule has 6 nitrogen and oxygen atoms in total. The molecule has 0 saturated carbocycles. The number of fused-ring (bicyclic) bond motifs is 1. The Bertz CT molecular complexity index is 672. The third-order valence-corrected chi connectivity index (χ3v) is 3.80. The number of rotatable bonds is 3. The standard InChI is InChI=1S/C15H19N5O/c1-3-12-14(21)17-8-9-20(12)13-10-6-4-5-7-11(10)18-15(16-2)19-13/h4-7,12H,3,8-9H2,1-2H3,(H,17,21)(H,16,18,19). The zero-order valence-electron chi connectivity index (χ0n) is 12.3. The largest absolute Gasteiger partial charge is 0.357 e. The van der Waals surface area contributed by atoms with E-state index in [2.05, 4.69) is 25.5 Å². The number of carbonyl (C=O) groups is 1. The second-order valence-electron chi connectivity index (χ2n) is 5.05. The number of hydrogen-bond acceptors (Lipinski definition) is 5. The normalized spacial score (nSPS) is 18.7. The van der Waals surface area contributed by atoms with Gasteiger partial charge >= 0.3 is 0 Å². The van der Waals surface area contributed by atoms with Gasteiger partial charge in [0.05, 0.1) is 5.52 Å². The molecule has 0 bridgehead atoms. The first-order chi connectivity index (χ1) is 10.2. The fraction of sp³-hybridized carbons (Fsp3) is 0.400. The van der Waals surface area contributed by atoms with E-state index in [1.54, 1.807) is 7.05 Å². The Hall–Kier alpha value is -2.37. The molecule has 1 fully saturated rings. The lowest BCUT2D eigenvalue weighted by Crippen LogP contribution is -2.55. The number of benzene rings is 1. The number of piperazine rings is 1. The second kappa shape index (κ2) is 5.55. The topological polar surface area (TPSA) is 70.2 Å². The predicted octanol–water partition coefficient (Wildman–Crippen LogP) is 1.39. The van der Waals surface area contributed by atoms with E-state index in [-0.39, 0.29) is 11.9 Å². The molecule has 21 heavy (non-hydrogen) atoms. The van der Waals surface area contributed by atoms with Crippen LogP contribution in [0.15, 0.2) is 24.3 Å². The summed E-state index contributed by atoms with van der Waals surface area (Å²) in [5.74, 6) is 1.47. The van der Waals surface area contributed by atoms with Crippen molar-refractivity contribution in [3.8, 4) is 0 Å². The van der Waals surface area contributed by atoms with Crippen molar-refractivity contribution >= 4 is 28.6 Å². The molecule has 1 aliphatic heterocycles. The van der Waals surface area contributed by atoms with Crippen molar-refractivity contribution in [1.29, 1.82) is 0 Å². The fourth-order valence-corrected chi connectivity index (χ4v) is 2.76. The molecule has 2 heterocycles. The Labute approximate surface area is 123 Å². The van der Waals surface area contributed by atoms with E-state index >= 15 is 0 Å². The molecule has 1 aromatic carbocycles. The van der Waals surface area contributed by atoms with Crippen molar-refractivity contribution in [3.05, 3.63) is 24.3 Å². The van der Waals surface area contributed by atoms with Gasteiger partial charge in [-0.05, 0) is 18.6 Å². The first kappa shape index (κ1) is 13.6. The molecule has 1 atom stereocenters. The summed E-state index contributed by atoms with van der Waals surface area (Å²) in [5.41, 5.74) is 0.882. The minimum Gasteiger partial charge on any atom is -0.357 e. The zero-order chi connectivity index (χ0) is 14.8. The second-order valence-corrected chi connectivity index (χ2v) is 5.05. The summed E-state index contributed by atoms with van der Waals surface area (Å²) in [5, 5.41) is 6.89. The predicted molar refractivity (Wildman–Crippen MR) is 83.5 cm³/mol. The summed E-state index contributed by atoms with van der Waals surface area (Å²) in [6.07, 6.45) is 0.749. The molecule has 0 aliphatic carbocycles. The Morgan fingerprint density at radius 2 is 2.19 bits per heavy atom. The summed E-state index contributed by atoms with van der Waals surface area (Å²) >= 11 is 0. The van der Waals surface area contributed by atoms with Crippen molar-refractivity contribution in [2.24, 2.45) is 0 Å². The molecule has 1 saturated heterocycles. The van der Waals surface area contributed by atoms with Crippen molar-refractivity contribution < 1.29 is 4.79 Å². The Morgan fingerprint density at radius 3 is 2.95 bits per heavy atom. The molecule has 1 aromatic heterocycles. The molecule has 3 rings (SSSR count). The van der Waals surface area contributed by atoms with Crippen LogP contribution in [0.2, 0.25) is 0 Å². The van der Waals surface area contributed by atoms with Crippen LogP contribution in [-0.4, -0.2) is 42.1 Å². The number of para-hydroxylation sites is 1. The molecule has 2 N–H and O–H groups in total. The van der Waals surface area contributed by atoms with Crippen LogP contribution in [0, 0.1) is 0 Å². The lowest BCUT2D eigenvalue weighted by molar-refractivity contribution is -0.123. The molecular weight excluding hydrogens is 266 g/mol. The molecule has 1 aliphatic rings. The molecule has 1 unspecified atom stereocenters. The van der Waals surface area contributed by atoms with Gasteiger partial charge < -0.3 is 15.5 Å². The molecule has 1 amide bonds. The van der Waals surface area contributed by atoms with Crippen molar-refractivity contribution in [1.82, 2.24) is 15.3 Å². The molecule has 2 aromatic rings. The first-order valence-electron chi connectivity index (χ1n) is 7.23. The number of hydrogen-bond donors (Lipinski definition) is 2. The highest BCUT2D eigenvalue weighted by atomic mass is 16.2. The minimum absolute atomic E-state index is 0.0671. The van der Waals surface area contributed by atoms with Crippen molar-refractivity contribution in [2.75, 3.05) is 30.4 Å². The van der Waals surface area contributed by atoms with Gasteiger partial charge in [0.1, 0.15) is 11.9 Å². The van der Waals surface area contributed by atoms with Crippen LogP contribution >= 0.6 is 0 Å². The van der Waals surface area contributed by atoms with Gasteiger partial charge in [-0.3, -0.25) is 4.79 Å². The van der Waals surface area contributed by atoms with Gasteiger partial charge in [-0.25, -0.2) is 4.98 Å². The number of carbonyl (C=O) groups excluding carboxylic acids is 1. The Morgan fingerprint density at radius 1 is 1.38 bits per heavy atom. The Balaban J connectivity index is 2.15.